The van der Waals surface area contributed by atoms with E-state index in [4.69, 9.17) is 0 Å². The number of carbonyl (C=O) groups excluding carboxylic acids is 1. The van der Waals surface area contributed by atoms with E-state index < -0.39 is 11.8 Å². The van der Waals surface area contributed by atoms with E-state index in [0.717, 1.165) is 6.07 Å². The Bertz CT molecular complexity index is 325. The minimum Gasteiger partial charge on any atom is -0.465 e. The summed E-state index contributed by atoms with van der Waals surface area (Å²) >= 11 is 0. The lowest BCUT2D eigenvalue weighted by atomic mass is 10.2. The molecule has 0 atom stereocenters. The molecule has 0 aliphatic carbocycles. The first-order valence-electron chi connectivity index (χ1n) is 3.91. The van der Waals surface area contributed by atoms with Gasteiger partial charge in [0.15, 0.2) is 0 Å². The molecule has 0 radical (unpaired) electrons. The van der Waals surface area contributed by atoms with Crippen LogP contribution in [0.15, 0.2) is 12.3 Å². The number of aryl methyl sites for hydroxylation is 1. The second-order valence-electron chi connectivity index (χ2n) is 2.50. The highest BCUT2D eigenvalue weighted by molar-refractivity contribution is 5.88. The summed E-state index contributed by atoms with van der Waals surface area (Å²) in [6, 6.07) is 1.14. The van der Waals surface area contributed by atoms with E-state index in [2.05, 4.69) is 9.72 Å². The van der Waals surface area contributed by atoms with E-state index >= 15 is 0 Å². The Morgan fingerprint density at radius 3 is 2.85 bits per heavy atom. The van der Waals surface area contributed by atoms with Gasteiger partial charge in [-0.1, -0.05) is 6.92 Å². The molecule has 4 heteroatoms. The Hall–Kier alpha value is -1.45. The standard InChI is InChI=1S/C9H10FNO2/c1-3-8-7(10)4-6(5-11-8)9(12)13-2/h4-5H,3H2,1-2H3. The predicted molar refractivity (Wildman–Crippen MR) is 44.9 cm³/mol. The lowest BCUT2D eigenvalue weighted by molar-refractivity contribution is 0.0599. The van der Waals surface area contributed by atoms with Gasteiger partial charge in [-0.25, -0.2) is 9.18 Å². The van der Waals surface area contributed by atoms with Gasteiger partial charge in [0.25, 0.3) is 0 Å². The predicted octanol–water partition coefficient (Wildman–Crippen LogP) is 1.57. The molecule has 0 aliphatic rings. The third kappa shape index (κ3) is 2.02. The zero-order valence-electron chi connectivity index (χ0n) is 7.50. The minimum atomic E-state index is -0.575. The normalized spacial score (nSPS) is 9.77. The van der Waals surface area contributed by atoms with Crippen molar-refractivity contribution in [1.82, 2.24) is 4.98 Å². The van der Waals surface area contributed by atoms with E-state index in [1.54, 1.807) is 6.92 Å². The maximum absolute atomic E-state index is 13.1. The molecule has 0 saturated carbocycles. The number of pyridine rings is 1. The summed E-state index contributed by atoms with van der Waals surface area (Å²) < 4.78 is 17.5. The topological polar surface area (TPSA) is 39.2 Å². The van der Waals surface area contributed by atoms with E-state index in [0.29, 0.717) is 12.1 Å². The molecule has 1 aromatic heterocycles. The van der Waals surface area contributed by atoms with Gasteiger partial charge in [0.05, 0.1) is 18.4 Å². The highest BCUT2D eigenvalue weighted by Crippen LogP contribution is 2.08. The van der Waals surface area contributed by atoms with Crippen LogP contribution in [-0.2, 0) is 11.2 Å². The quantitative estimate of drug-likeness (QED) is 0.653. The van der Waals surface area contributed by atoms with Gasteiger partial charge in [0.2, 0.25) is 0 Å². The molecule has 0 bridgehead atoms. The van der Waals surface area contributed by atoms with Crippen LogP contribution >= 0.6 is 0 Å². The molecule has 0 amide bonds. The Morgan fingerprint density at radius 1 is 1.69 bits per heavy atom. The number of hydrogen-bond acceptors (Lipinski definition) is 3. The molecule has 0 fully saturated rings. The van der Waals surface area contributed by atoms with E-state index in [9.17, 15) is 9.18 Å². The van der Waals surface area contributed by atoms with Gasteiger partial charge in [-0.05, 0) is 12.5 Å². The van der Waals surface area contributed by atoms with E-state index in [-0.39, 0.29) is 5.56 Å². The van der Waals surface area contributed by atoms with Crippen LogP contribution < -0.4 is 0 Å². The molecular formula is C9H10FNO2. The molecule has 0 aliphatic heterocycles. The lowest BCUT2D eigenvalue weighted by Crippen LogP contribution is -2.04. The fraction of sp³-hybridized carbons (Fsp3) is 0.333. The number of rotatable bonds is 2. The van der Waals surface area contributed by atoms with Crippen LogP contribution in [0.4, 0.5) is 4.39 Å². The van der Waals surface area contributed by atoms with Crippen LogP contribution in [0.25, 0.3) is 0 Å². The van der Waals surface area contributed by atoms with Crippen molar-refractivity contribution in [1.29, 1.82) is 0 Å². The molecule has 13 heavy (non-hydrogen) atoms. The van der Waals surface area contributed by atoms with Crippen molar-refractivity contribution in [2.75, 3.05) is 7.11 Å². The van der Waals surface area contributed by atoms with Crippen LogP contribution in [-0.4, -0.2) is 18.1 Å². The fourth-order valence-electron chi connectivity index (χ4n) is 0.956. The largest absolute Gasteiger partial charge is 0.465 e. The number of ether oxygens (including phenoxy) is 1. The monoisotopic (exact) mass is 183 g/mol. The number of nitrogens with zero attached hydrogens (tertiary/aromatic N) is 1. The van der Waals surface area contributed by atoms with Crippen molar-refractivity contribution in [3.8, 4) is 0 Å². The molecule has 1 rings (SSSR count). The Kier molecular flexibility index (Phi) is 2.95. The van der Waals surface area contributed by atoms with Gasteiger partial charge in [-0.3, -0.25) is 4.98 Å². The Balaban J connectivity index is 3.02. The van der Waals surface area contributed by atoms with Crippen LogP contribution in [0.1, 0.15) is 23.0 Å². The Labute approximate surface area is 75.6 Å². The number of hydrogen-bond donors (Lipinski definition) is 0. The van der Waals surface area contributed by atoms with E-state index in [1.165, 1.54) is 13.3 Å². The molecule has 0 unspecified atom stereocenters. The van der Waals surface area contributed by atoms with Gasteiger partial charge in [-0.15, -0.1) is 0 Å². The van der Waals surface area contributed by atoms with Gasteiger partial charge in [0.1, 0.15) is 5.82 Å². The molecule has 3 nitrogen and oxygen atoms in total. The second kappa shape index (κ2) is 3.98. The van der Waals surface area contributed by atoms with Crippen LogP contribution in [0.2, 0.25) is 0 Å². The third-order valence-corrected chi connectivity index (χ3v) is 1.67. The summed E-state index contributed by atoms with van der Waals surface area (Å²) in [5, 5.41) is 0. The zero-order chi connectivity index (χ0) is 9.84. The number of carbonyl (C=O) groups is 1. The van der Waals surface area contributed by atoms with Crippen molar-refractivity contribution in [2.45, 2.75) is 13.3 Å². The van der Waals surface area contributed by atoms with E-state index in [1.807, 2.05) is 0 Å². The SMILES string of the molecule is CCc1ncc(C(=O)OC)cc1F. The van der Waals surface area contributed by atoms with Gasteiger partial charge < -0.3 is 4.74 Å². The minimum absolute atomic E-state index is 0.136. The first kappa shape index (κ1) is 9.64. The highest BCUT2D eigenvalue weighted by Gasteiger charge is 2.09. The maximum atomic E-state index is 13.1. The van der Waals surface area contributed by atoms with Crippen LogP contribution in [0.5, 0.6) is 0 Å². The van der Waals surface area contributed by atoms with Gasteiger partial charge >= 0.3 is 5.97 Å². The average Bonchev–Trinajstić information content (AvgIpc) is 2.16. The van der Waals surface area contributed by atoms with Gasteiger partial charge in [0, 0.05) is 6.20 Å². The molecule has 1 aromatic rings. The summed E-state index contributed by atoms with van der Waals surface area (Å²) in [5.41, 5.74) is 0.491. The molecule has 0 saturated heterocycles. The third-order valence-electron chi connectivity index (χ3n) is 1.67. The number of esters is 1. The Morgan fingerprint density at radius 2 is 2.38 bits per heavy atom. The molecule has 0 aromatic carbocycles. The second-order valence-corrected chi connectivity index (χ2v) is 2.50. The summed E-state index contributed by atoms with van der Waals surface area (Å²) in [6.45, 7) is 1.79. The van der Waals surface area contributed by atoms with Crippen molar-refractivity contribution in [3.05, 3.63) is 29.3 Å². The number of methoxy groups -OCH3 is 1. The van der Waals surface area contributed by atoms with Crippen molar-refractivity contribution in [2.24, 2.45) is 0 Å². The van der Waals surface area contributed by atoms with Crippen molar-refractivity contribution >= 4 is 5.97 Å². The first-order chi connectivity index (χ1) is 6.19. The molecule has 0 N–H and O–H groups in total. The van der Waals surface area contributed by atoms with Crippen molar-refractivity contribution < 1.29 is 13.9 Å². The number of aromatic nitrogens is 1. The fourth-order valence-corrected chi connectivity index (χ4v) is 0.956. The average molecular weight is 183 g/mol. The first-order valence-corrected chi connectivity index (χ1v) is 3.91. The van der Waals surface area contributed by atoms with Crippen molar-refractivity contribution in [3.63, 3.8) is 0 Å². The maximum Gasteiger partial charge on any atom is 0.339 e. The summed E-state index contributed by atoms with van der Waals surface area (Å²) in [6.07, 6.45) is 1.82. The highest BCUT2D eigenvalue weighted by atomic mass is 19.1. The molecular weight excluding hydrogens is 173 g/mol. The number of halogens is 1. The van der Waals surface area contributed by atoms with Gasteiger partial charge in [-0.2, -0.15) is 0 Å². The zero-order valence-corrected chi connectivity index (χ0v) is 7.50. The lowest BCUT2D eigenvalue weighted by Gasteiger charge is -2.01. The molecule has 0 spiro atoms. The smallest absolute Gasteiger partial charge is 0.339 e. The summed E-state index contributed by atoms with van der Waals surface area (Å²) in [7, 11) is 1.24. The molecule has 1 heterocycles. The summed E-state index contributed by atoms with van der Waals surface area (Å²) in [4.78, 5) is 14.7. The molecule has 70 valence electrons. The summed E-state index contributed by atoms with van der Waals surface area (Å²) in [5.74, 6) is -1.04. The van der Waals surface area contributed by atoms with Crippen LogP contribution in [0.3, 0.4) is 0 Å². The van der Waals surface area contributed by atoms with Crippen LogP contribution in [0, 0.1) is 5.82 Å².